The van der Waals surface area contributed by atoms with E-state index in [0.717, 1.165) is 34.2 Å². The number of benzene rings is 1. The fourth-order valence-corrected chi connectivity index (χ4v) is 2.73. The van der Waals surface area contributed by atoms with Crippen LogP contribution in [0.4, 0.5) is 5.82 Å². The third kappa shape index (κ3) is 4.10. The van der Waals surface area contributed by atoms with Gasteiger partial charge in [0.2, 0.25) is 0 Å². The minimum Gasteiger partial charge on any atom is -0.462 e. The molecule has 3 aromatic rings. The summed E-state index contributed by atoms with van der Waals surface area (Å²) in [6.45, 7) is 3.52. The van der Waals surface area contributed by atoms with Gasteiger partial charge in [0.1, 0.15) is 23.9 Å². The maximum Gasteiger partial charge on any atom is 0.129 e. The standard InChI is InChI=1S/C19H23N3O3/c1-14-5-3-4-6-17(14)18-11-19(22(21-18)9-10-23)20-12-15-7-8-16(25-15)13-24-2/h3-8,11,20,23H,9-10,12-13H2,1-2H3. The van der Waals surface area contributed by atoms with Crippen molar-refractivity contribution in [1.82, 2.24) is 9.78 Å². The zero-order chi connectivity index (χ0) is 17.6. The monoisotopic (exact) mass is 341 g/mol. The largest absolute Gasteiger partial charge is 0.462 e. The number of hydrogen-bond donors (Lipinski definition) is 2. The highest BCUT2D eigenvalue weighted by Gasteiger charge is 2.11. The summed E-state index contributed by atoms with van der Waals surface area (Å²) in [5.74, 6) is 2.46. The predicted octanol–water partition coefficient (Wildman–Crippen LogP) is 3.20. The lowest BCUT2D eigenvalue weighted by Crippen LogP contribution is -2.10. The van der Waals surface area contributed by atoms with E-state index in [1.54, 1.807) is 11.8 Å². The minimum absolute atomic E-state index is 0.0301. The minimum atomic E-state index is 0.0301. The van der Waals surface area contributed by atoms with Gasteiger partial charge in [-0.1, -0.05) is 24.3 Å². The van der Waals surface area contributed by atoms with Crippen LogP contribution in [0.25, 0.3) is 11.3 Å². The van der Waals surface area contributed by atoms with Gasteiger partial charge in [-0.3, -0.25) is 0 Å². The lowest BCUT2D eigenvalue weighted by Gasteiger charge is -2.07. The normalized spacial score (nSPS) is 11.0. The van der Waals surface area contributed by atoms with Crippen LogP contribution in [0.2, 0.25) is 0 Å². The molecular formula is C19H23N3O3. The van der Waals surface area contributed by atoms with Crippen molar-refractivity contribution in [2.24, 2.45) is 0 Å². The van der Waals surface area contributed by atoms with Crippen LogP contribution in [0.5, 0.6) is 0 Å². The third-order valence-electron chi connectivity index (χ3n) is 3.96. The van der Waals surface area contributed by atoms with E-state index >= 15 is 0 Å². The molecule has 0 aliphatic heterocycles. The molecule has 1 aromatic carbocycles. The van der Waals surface area contributed by atoms with Gasteiger partial charge in [0.05, 0.1) is 25.4 Å². The second-order valence-corrected chi connectivity index (χ2v) is 5.83. The Balaban J connectivity index is 1.78. The fraction of sp³-hybridized carbons (Fsp3) is 0.316. The number of anilines is 1. The predicted molar refractivity (Wildman–Crippen MR) is 96.2 cm³/mol. The van der Waals surface area contributed by atoms with Crippen LogP contribution in [0.1, 0.15) is 17.1 Å². The molecule has 0 amide bonds. The number of methoxy groups -OCH3 is 1. The number of aromatic nitrogens is 2. The van der Waals surface area contributed by atoms with E-state index in [1.165, 1.54) is 0 Å². The van der Waals surface area contributed by atoms with Gasteiger partial charge in [0, 0.05) is 18.7 Å². The molecule has 2 aromatic heterocycles. The van der Waals surface area contributed by atoms with Crippen molar-refractivity contribution in [3.63, 3.8) is 0 Å². The fourth-order valence-electron chi connectivity index (χ4n) is 2.73. The molecule has 25 heavy (non-hydrogen) atoms. The number of nitrogens with zero attached hydrogens (tertiary/aromatic N) is 2. The Morgan fingerprint density at radius 1 is 1.20 bits per heavy atom. The van der Waals surface area contributed by atoms with Gasteiger partial charge in [0.15, 0.2) is 0 Å². The van der Waals surface area contributed by atoms with E-state index in [-0.39, 0.29) is 6.61 Å². The number of rotatable bonds is 8. The maximum atomic E-state index is 9.31. The number of aryl methyl sites for hydroxylation is 1. The quantitative estimate of drug-likeness (QED) is 0.658. The van der Waals surface area contributed by atoms with E-state index in [9.17, 15) is 5.11 Å². The third-order valence-corrected chi connectivity index (χ3v) is 3.96. The SMILES string of the molecule is COCc1ccc(CNc2cc(-c3ccccc3C)nn2CCO)o1. The Morgan fingerprint density at radius 3 is 2.76 bits per heavy atom. The summed E-state index contributed by atoms with van der Waals surface area (Å²) >= 11 is 0. The van der Waals surface area contributed by atoms with Crippen molar-refractivity contribution in [2.45, 2.75) is 26.6 Å². The molecule has 0 atom stereocenters. The second kappa shape index (κ2) is 8.00. The van der Waals surface area contributed by atoms with Crippen molar-refractivity contribution in [3.05, 3.63) is 59.5 Å². The molecule has 0 aliphatic carbocycles. The number of aliphatic hydroxyl groups excluding tert-OH is 1. The first-order valence-electron chi connectivity index (χ1n) is 8.26. The topological polar surface area (TPSA) is 72.5 Å². The smallest absolute Gasteiger partial charge is 0.129 e. The molecule has 0 spiro atoms. The number of furan rings is 1. The molecule has 0 fully saturated rings. The first-order chi connectivity index (χ1) is 12.2. The molecule has 6 nitrogen and oxygen atoms in total. The van der Waals surface area contributed by atoms with Crippen LogP contribution in [0, 0.1) is 6.92 Å². The average Bonchev–Trinajstić information content (AvgIpc) is 3.21. The highest BCUT2D eigenvalue weighted by atomic mass is 16.5. The summed E-state index contributed by atoms with van der Waals surface area (Å²) in [5, 5.41) is 17.3. The van der Waals surface area contributed by atoms with Gasteiger partial charge in [0.25, 0.3) is 0 Å². The summed E-state index contributed by atoms with van der Waals surface area (Å²) in [5.41, 5.74) is 3.13. The first-order valence-corrected chi connectivity index (χ1v) is 8.26. The van der Waals surface area contributed by atoms with Crippen molar-refractivity contribution in [1.29, 1.82) is 0 Å². The molecular weight excluding hydrogens is 318 g/mol. The number of nitrogens with one attached hydrogen (secondary N) is 1. The van der Waals surface area contributed by atoms with Gasteiger partial charge in [-0.25, -0.2) is 4.68 Å². The van der Waals surface area contributed by atoms with Crippen molar-refractivity contribution in [2.75, 3.05) is 19.0 Å². The van der Waals surface area contributed by atoms with Gasteiger partial charge >= 0.3 is 0 Å². The molecule has 2 N–H and O–H groups in total. The van der Waals surface area contributed by atoms with Crippen molar-refractivity contribution < 1.29 is 14.3 Å². The number of ether oxygens (including phenoxy) is 1. The molecule has 0 bridgehead atoms. The van der Waals surface area contributed by atoms with Crippen LogP contribution >= 0.6 is 0 Å². The molecule has 3 rings (SSSR count). The summed E-state index contributed by atoms with van der Waals surface area (Å²) in [6.07, 6.45) is 0. The second-order valence-electron chi connectivity index (χ2n) is 5.83. The molecule has 0 radical (unpaired) electrons. The molecule has 2 heterocycles. The van der Waals surface area contributed by atoms with Crippen LogP contribution in [0.15, 0.2) is 46.9 Å². The van der Waals surface area contributed by atoms with E-state index < -0.39 is 0 Å². The number of hydrogen-bond acceptors (Lipinski definition) is 5. The molecule has 0 saturated heterocycles. The van der Waals surface area contributed by atoms with Crippen LogP contribution in [-0.4, -0.2) is 28.6 Å². The molecule has 132 valence electrons. The van der Waals surface area contributed by atoms with E-state index in [4.69, 9.17) is 9.15 Å². The summed E-state index contributed by atoms with van der Waals surface area (Å²) in [4.78, 5) is 0. The Hall–Kier alpha value is -2.57. The van der Waals surface area contributed by atoms with Crippen molar-refractivity contribution in [3.8, 4) is 11.3 Å². The average molecular weight is 341 g/mol. The Labute approximate surface area is 147 Å². The van der Waals surface area contributed by atoms with Gasteiger partial charge < -0.3 is 19.6 Å². The summed E-state index contributed by atoms with van der Waals surface area (Å²) in [6, 6.07) is 14.0. The molecule has 0 saturated carbocycles. The highest BCUT2D eigenvalue weighted by Crippen LogP contribution is 2.25. The maximum absolute atomic E-state index is 9.31. The van der Waals surface area contributed by atoms with E-state index in [1.807, 2.05) is 36.4 Å². The van der Waals surface area contributed by atoms with Gasteiger partial charge in [-0.2, -0.15) is 5.10 Å². The first kappa shape index (κ1) is 17.3. The van der Waals surface area contributed by atoms with Crippen LogP contribution in [0.3, 0.4) is 0 Å². The van der Waals surface area contributed by atoms with Crippen molar-refractivity contribution >= 4 is 5.82 Å². The van der Waals surface area contributed by atoms with Crippen LogP contribution in [-0.2, 0) is 24.4 Å². The summed E-state index contributed by atoms with van der Waals surface area (Å²) in [7, 11) is 1.64. The molecule has 0 aliphatic rings. The van der Waals surface area contributed by atoms with Gasteiger partial charge in [-0.05, 0) is 24.6 Å². The van der Waals surface area contributed by atoms with E-state index in [2.05, 4.69) is 23.4 Å². The number of aliphatic hydroxyl groups is 1. The molecule has 6 heteroatoms. The Morgan fingerprint density at radius 2 is 2.00 bits per heavy atom. The Kier molecular flexibility index (Phi) is 5.53. The van der Waals surface area contributed by atoms with Crippen LogP contribution < -0.4 is 5.32 Å². The zero-order valence-corrected chi connectivity index (χ0v) is 14.5. The van der Waals surface area contributed by atoms with E-state index in [0.29, 0.717) is 19.7 Å². The van der Waals surface area contributed by atoms with Gasteiger partial charge in [-0.15, -0.1) is 0 Å². The lowest BCUT2D eigenvalue weighted by atomic mass is 10.1. The Bertz CT molecular complexity index is 823. The lowest BCUT2D eigenvalue weighted by molar-refractivity contribution is 0.163. The zero-order valence-electron chi connectivity index (χ0n) is 14.5. The molecule has 0 unspecified atom stereocenters. The summed E-state index contributed by atoms with van der Waals surface area (Å²) < 4.78 is 12.5. The highest BCUT2D eigenvalue weighted by molar-refractivity contribution is 5.66.